The summed E-state index contributed by atoms with van der Waals surface area (Å²) in [4.78, 5) is 34.8. The van der Waals surface area contributed by atoms with Crippen LogP contribution in [0.1, 0.15) is 30.1 Å². The average molecular weight is 322 g/mol. The molecule has 1 aliphatic carbocycles. The second-order valence-electron chi connectivity index (χ2n) is 5.26. The van der Waals surface area contributed by atoms with Crippen LogP contribution in [0.25, 0.3) is 0 Å². The third-order valence-electron chi connectivity index (χ3n) is 3.71. The molecule has 2 N–H and O–H groups in total. The maximum Gasteiger partial charge on any atom is 0.307 e. The van der Waals surface area contributed by atoms with Crippen molar-refractivity contribution in [2.24, 2.45) is 11.8 Å². The fourth-order valence-corrected chi connectivity index (χ4v) is 2.68. The van der Waals surface area contributed by atoms with Crippen LogP contribution in [0.15, 0.2) is 35.4 Å². The number of halogens is 1. The van der Waals surface area contributed by atoms with E-state index >= 15 is 0 Å². The Bertz CT molecular complexity index is 636. The first-order valence-electron chi connectivity index (χ1n) is 6.87. The van der Waals surface area contributed by atoms with E-state index in [2.05, 4.69) is 5.32 Å². The predicted octanol–water partition coefficient (Wildman–Crippen LogP) is 3.06. The molecule has 0 aliphatic heterocycles. The van der Waals surface area contributed by atoms with Crippen molar-refractivity contribution in [1.82, 2.24) is 0 Å². The smallest absolute Gasteiger partial charge is 0.307 e. The number of aliphatic carboxylic acids is 1. The molecule has 6 heteroatoms. The van der Waals surface area contributed by atoms with E-state index in [1.54, 1.807) is 30.3 Å². The van der Waals surface area contributed by atoms with E-state index in [0.29, 0.717) is 16.3 Å². The van der Waals surface area contributed by atoms with Gasteiger partial charge in [0.25, 0.3) is 0 Å². The SMILES string of the molecule is CC(=O)c1ccc(NC(=O)[C@@H]2CC(Cl)=CC[C@H]2C(=O)O)cc1. The molecule has 0 saturated heterocycles. The molecule has 0 saturated carbocycles. The lowest BCUT2D eigenvalue weighted by Gasteiger charge is -2.25. The topological polar surface area (TPSA) is 83.5 Å². The first-order valence-corrected chi connectivity index (χ1v) is 7.25. The number of nitrogens with one attached hydrogen (secondary N) is 1. The number of hydrogen-bond donors (Lipinski definition) is 2. The number of carbonyl (C=O) groups is 3. The Kier molecular flexibility index (Phi) is 4.98. The summed E-state index contributed by atoms with van der Waals surface area (Å²) in [6, 6.07) is 6.45. The van der Waals surface area contributed by atoms with Crippen LogP contribution in [-0.2, 0) is 9.59 Å². The number of carboxylic acids is 1. The molecule has 0 radical (unpaired) electrons. The van der Waals surface area contributed by atoms with Crippen LogP contribution in [0.5, 0.6) is 0 Å². The van der Waals surface area contributed by atoms with Crippen LogP contribution in [0.4, 0.5) is 5.69 Å². The summed E-state index contributed by atoms with van der Waals surface area (Å²) in [5.41, 5.74) is 1.06. The van der Waals surface area contributed by atoms with Gasteiger partial charge in [0.05, 0.1) is 11.8 Å². The lowest BCUT2D eigenvalue weighted by molar-refractivity contribution is -0.146. The van der Waals surface area contributed by atoms with Crippen molar-refractivity contribution >= 4 is 34.9 Å². The zero-order chi connectivity index (χ0) is 16.3. The second-order valence-corrected chi connectivity index (χ2v) is 5.75. The van der Waals surface area contributed by atoms with Gasteiger partial charge in [-0.1, -0.05) is 17.7 Å². The molecule has 22 heavy (non-hydrogen) atoms. The average Bonchev–Trinajstić information content (AvgIpc) is 2.47. The molecule has 0 bridgehead atoms. The standard InChI is InChI=1S/C16H16ClNO4/c1-9(19)10-2-5-12(6-3-10)18-15(20)14-8-11(17)4-7-13(14)16(21)22/h2-6,13-14H,7-8H2,1H3,(H,18,20)(H,21,22)/t13-,14-/m1/s1. The normalized spacial score (nSPS) is 20.9. The van der Waals surface area contributed by atoms with Gasteiger partial charge in [-0.3, -0.25) is 14.4 Å². The first kappa shape index (κ1) is 16.2. The van der Waals surface area contributed by atoms with E-state index in [4.69, 9.17) is 11.6 Å². The van der Waals surface area contributed by atoms with E-state index in [1.165, 1.54) is 6.92 Å². The second kappa shape index (κ2) is 6.75. The first-order chi connectivity index (χ1) is 10.4. The van der Waals surface area contributed by atoms with E-state index in [-0.39, 0.29) is 24.5 Å². The Morgan fingerprint density at radius 2 is 1.82 bits per heavy atom. The Balaban J connectivity index is 2.11. The Morgan fingerprint density at radius 1 is 1.18 bits per heavy atom. The van der Waals surface area contributed by atoms with Gasteiger partial charge in [-0.05, 0) is 44.0 Å². The maximum absolute atomic E-state index is 12.3. The number of benzene rings is 1. The van der Waals surface area contributed by atoms with Crippen LogP contribution in [0.2, 0.25) is 0 Å². The number of rotatable bonds is 4. The molecular formula is C16H16ClNO4. The van der Waals surface area contributed by atoms with Crippen LogP contribution >= 0.6 is 11.6 Å². The molecule has 0 aromatic heterocycles. The third kappa shape index (κ3) is 3.74. The molecular weight excluding hydrogens is 306 g/mol. The maximum atomic E-state index is 12.3. The number of carbonyl (C=O) groups excluding carboxylic acids is 2. The zero-order valence-corrected chi connectivity index (χ0v) is 12.8. The van der Waals surface area contributed by atoms with Crippen molar-refractivity contribution in [3.05, 3.63) is 40.9 Å². The molecule has 1 amide bonds. The number of amides is 1. The Labute approximate surface area is 133 Å². The Morgan fingerprint density at radius 3 is 2.36 bits per heavy atom. The van der Waals surface area contributed by atoms with E-state index in [0.717, 1.165) is 0 Å². The summed E-state index contributed by atoms with van der Waals surface area (Å²) in [6.45, 7) is 1.46. The number of Topliss-reactive ketones (excluding diaryl/α,β-unsaturated/α-hetero) is 1. The van der Waals surface area contributed by atoms with Crippen molar-refractivity contribution < 1.29 is 19.5 Å². The number of allylic oxidation sites excluding steroid dienone is 2. The minimum Gasteiger partial charge on any atom is -0.481 e. The van der Waals surface area contributed by atoms with Crippen molar-refractivity contribution in [3.8, 4) is 0 Å². The fourth-order valence-electron chi connectivity index (χ4n) is 2.43. The molecule has 0 fully saturated rings. The van der Waals surface area contributed by atoms with Crippen LogP contribution in [0.3, 0.4) is 0 Å². The molecule has 0 heterocycles. The number of anilines is 1. The molecule has 1 aromatic carbocycles. The highest BCUT2D eigenvalue weighted by Crippen LogP contribution is 2.32. The summed E-state index contributed by atoms with van der Waals surface area (Å²) < 4.78 is 0. The molecule has 116 valence electrons. The van der Waals surface area contributed by atoms with Gasteiger partial charge in [0.2, 0.25) is 5.91 Å². The molecule has 0 spiro atoms. The van der Waals surface area contributed by atoms with Gasteiger partial charge in [0, 0.05) is 16.3 Å². The summed E-state index contributed by atoms with van der Waals surface area (Å²) in [5, 5.41) is 12.4. The zero-order valence-electron chi connectivity index (χ0n) is 12.0. The van der Waals surface area contributed by atoms with E-state index in [1.807, 2.05) is 0 Å². The summed E-state index contributed by atoms with van der Waals surface area (Å²) in [5.74, 6) is -2.93. The largest absolute Gasteiger partial charge is 0.481 e. The van der Waals surface area contributed by atoms with Gasteiger partial charge >= 0.3 is 5.97 Å². The van der Waals surface area contributed by atoms with Gasteiger partial charge in [0.1, 0.15) is 0 Å². The molecule has 0 unspecified atom stereocenters. The molecule has 1 aliphatic rings. The minimum absolute atomic E-state index is 0.0620. The van der Waals surface area contributed by atoms with Gasteiger partial charge in [0.15, 0.2) is 5.78 Å². The highest BCUT2D eigenvalue weighted by molar-refractivity contribution is 6.29. The number of carboxylic acid groups (broad SMARTS) is 1. The monoisotopic (exact) mass is 321 g/mol. The van der Waals surface area contributed by atoms with Crippen LogP contribution in [0, 0.1) is 11.8 Å². The number of hydrogen-bond acceptors (Lipinski definition) is 3. The summed E-state index contributed by atoms with van der Waals surface area (Å²) >= 11 is 5.93. The van der Waals surface area contributed by atoms with Gasteiger partial charge in [-0.2, -0.15) is 0 Å². The van der Waals surface area contributed by atoms with Crippen LogP contribution < -0.4 is 5.32 Å². The van der Waals surface area contributed by atoms with Gasteiger partial charge in [-0.25, -0.2) is 0 Å². The van der Waals surface area contributed by atoms with Crippen molar-refractivity contribution in [2.45, 2.75) is 19.8 Å². The van der Waals surface area contributed by atoms with E-state index < -0.39 is 17.8 Å². The number of ketones is 1. The molecule has 5 nitrogen and oxygen atoms in total. The lowest BCUT2D eigenvalue weighted by Crippen LogP contribution is -2.35. The minimum atomic E-state index is -1.01. The quantitative estimate of drug-likeness (QED) is 0.835. The highest BCUT2D eigenvalue weighted by atomic mass is 35.5. The highest BCUT2D eigenvalue weighted by Gasteiger charge is 2.36. The predicted molar refractivity (Wildman–Crippen MR) is 82.9 cm³/mol. The van der Waals surface area contributed by atoms with Crippen LogP contribution in [-0.4, -0.2) is 22.8 Å². The fraction of sp³-hybridized carbons (Fsp3) is 0.312. The Hall–Kier alpha value is -2.14. The summed E-state index contributed by atoms with van der Waals surface area (Å²) in [6.07, 6.45) is 2.11. The molecule has 2 rings (SSSR count). The molecule has 2 atom stereocenters. The van der Waals surface area contributed by atoms with Crippen molar-refractivity contribution in [1.29, 1.82) is 0 Å². The van der Waals surface area contributed by atoms with Crippen molar-refractivity contribution in [3.63, 3.8) is 0 Å². The van der Waals surface area contributed by atoms with Crippen molar-refractivity contribution in [2.75, 3.05) is 5.32 Å². The lowest BCUT2D eigenvalue weighted by atomic mass is 9.82. The molecule has 1 aromatic rings. The van der Waals surface area contributed by atoms with Gasteiger partial charge in [-0.15, -0.1) is 0 Å². The third-order valence-corrected chi connectivity index (χ3v) is 4.02. The summed E-state index contributed by atoms with van der Waals surface area (Å²) in [7, 11) is 0. The van der Waals surface area contributed by atoms with Gasteiger partial charge < -0.3 is 10.4 Å². The van der Waals surface area contributed by atoms with E-state index in [9.17, 15) is 19.5 Å².